The molecule has 0 aliphatic carbocycles. The lowest BCUT2D eigenvalue weighted by molar-refractivity contribution is 0.0168. The Morgan fingerprint density at radius 2 is 2.22 bits per heavy atom. The summed E-state index contributed by atoms with van der Waals surface area (Å²) in [6, 6.07) is 10.2. The highest BCUT2D eigenvalue weighted by atomic mass is 16.5. The first-order chi connectivity index (χ1) is 13.3. The van der Waals surface area contributed by atoms with E-state index in [1.807, 2.05) is 16.9 Å². The number of nitrogens with one attached hydrogen (secondary N) is 2. The average Bonchev–Trinajstić information content (AvgIpc) is 3.41. The van der Waals surface area contributed by atoms with E-state index in [1.54, 1.807) is 13.2 Å². The summed E-state index contributed by atoms with van der Waals surface area (Å²) >= 11 is 0. The van der Waals surface area contributed by atoms with Crippen LogP contribution in [0.25, 0.3) is 5.69 Å². The number of benzene rings is 1. The molecule has 1 saturated heterocycles. The van der Waals surface area contributed by atoms with Crippen molar-refractivity contribution in [2.75, 3.05) is 33.4 Å². The van der Waals surface area contributed by atoms with Crippen molar-refractivity contribution in [2.45, 2.75) is 31.9 Å². The molecule has 1 aromatic heterocycles. The van der Waals surface area contributed by atoms with Gasteiger partial charge in [0.15, 0.2) is 5.96 Å². The van der Waals surface area contributed by atoms with Gasteiger partial charge in [-0.15, -0.1) is 0 Å². The molecule has 1 aliphatic heterocycles. The lowest BCUT2D eigenvalue weighted by Gasteiger charge is -2.13. The van der Waals surface area contributed by atoms with E-state index in [-0.39, 0.29) is 0 Å². The fourth-order valence-electron chi connectivity index (χ4n) is 2.97. The maximum absolute atomic E-state index is 5.67. The van der Waals surface area contributed by atoms with Gasteiger partial charge in [0, 0.05) is 45.7 Å². The van der Waals surface area contributed by atoms with Crippen molar-refractivity contribution in [2.24, 2.45) is 4.99 Å². The Hall–Kier alpha value is -2.38. The van der Waals surface area contributed by atoms with E-state index < -0.39 is 0 Å². The van der Waals surface area contributed by atoms with Crippen molar-refractivity contribution in [1.29, 1.82) is 0 Å². The van der Waals surface area contributed by atoms with Crippen LogP contribution in [0, 0.1) is 0 Å². The van der Waals surface area contributed by atoms with Crippen LogP contribution in [0.4, 0.5) is 0 Å². The molecule has 2 N–H and O–H groups in total. The van der Waals surface area contributed by atoms with Gasteiger partial charge in [0.2, 0.25) is 0 Å². The molecule has 0 radical (unpaired) electrons. The predicted molar refractivity (Wildman–Crippen MR) is 106 cm³/mol. The summed E-state index contributed by atoms with van der Waals surface area (Å²) in [6.07, 6.45) is 7.22. The Bertz CT molecular complexity index is 679. The third-order valence-electron chi connectivity index (χ3n) is 4.47. The summed E-state index contributed by atoms with van der Waals surface area (Å²) in [7, 11) is 1.78. The molecule has 0 bridgehead atoms. The number of ether oxygens (including phenoxy) is 2. The van der Waals surface area contributed by atoms with Crippen molar-refractivity contribution in [3.8, 4) is 5.69 Å². The number of hydrogen-bond donors (Lipinski definition) is 2. The second kappa shape index (κ2) is 10.7. The molecule has 0 spiro atoms. The highest BCUT2D eigenvalue weighted by molar-refractivity contribution is 5.79. The first-order valence-corrected chi connectivity index (χ1v) is 9.58. The van der Waals surface area contributed by atoms with Crippen LogP contribution in [0.15, 0.2) is 47.7 Å². The van der Waals surface area contributed by atoms with E-state index in [9.17, 15) is 0 Å². The molecule has 0 amide bonds. The van der Waals surface area contributed by atoms with Gasteiger partial charge in [-0.2, -0.15) is 5.10 Å². The molecule has 7 nitrogen and oxygen atoms in total. The monoisotopic (exact) mass is 371 g/mol. The molecule has 2 aromatic rings. The fraction of sp³-hybridized carbons (Fsp3) is 0.500. The van der Waals surface area contributed by atoms with Crippen molar-refractivity contribution in [1.82, 2.24) is 20.4 Å². The lowest BCUT2D eigenvalue weighted by Crippen LogP contribution is -2.37. The molecule has 146 valence electrons. The van der Waals surface area contributed by atoms with Crippen LogP contribution < -0.4 is 10.6 Å². The molecule has 27 heavy (non-hydrogen) atoms. The van der Waals surface area contributed by atoms with E-state index in [1.165, 1.54) is 5.56 Å². The molecule has 1 unspecified atom stereocenters. The highest BCUT2D eigenvalue weighted by Gasteiger charge is 2.14. The van der Waals surface area contributed by atoms with Crippen LogP contribution in [-0.4, -0.2) is 55.3 Å². The number of nitrogens with zero attached hydrogens (tertiary/aromatic N) is 3. The number of guanidine groups is 1. The molecule has 1 aliphatic rings. The second-order valence-corrected chi connectivity index (χ2v) is 6.53. The molecule has 1 atom stereocenters. The molecule has 1 aromatic carbocycles. The van der Waals surface area contributed by atoms with Gasteiger partial charge in [0.05, 0.1) is 18.4 Å². The van der Waals surface area contributed by atoms with Crippen LogP contribution in [0.1, 0.15) is 24.8 Å². The topological polar surface area (TPSA) is 72.7 Å². The standard InChI is InChI=1S/C20H29N5O2/c1-21-20(22-10-4-13-26-16-19-5-2-14-27-19)23-15-17-6-8-18(9-7-17)25-12-3-11-24-25/h3,6-9,11-12,19H,2,4-5,10,13-16H2,1H3,(H2,21,22,23). The minimum atomic E-state index is 0.298. The molecule has 7 heteroatoms. The zero-order valence-electron chi connectivity index (χ0n) is 15.9. The Labute approximate surface area is 160 Å². The minimum absolute atomic E-state index is 0.298. The van der Waals surface area contributed by atoms with Crippen molar-refractivity contribution in [3.05, 3.63) is 48.3 Å². The molecular weight excluding hydrogens is 342 g/mol. The molecule has 1 fully saturated rings. The third kappa shape index (κ3) is 6.37. The fourth-order valence-corrected chi connectivity index (χ4v) is 2.97. The first kappa shape index (κ1) is 19.4. The van der Waals surface area contributed by atoms with E-state index in [4.69, 9.17) is 9.47 Å². The lowest BCUT2D eigenvalue weighted by atomic mass is 10.2. The third-order valence-corrected chi connectivity index (χ3v) is 4.47. The summed E-state index contributed by atoms with van der Waals surface area (Å²) in [5, 5.41) is 10.9. The first-order valence-electron chi connectivity index (χ1n) is 9.58. The molecule has 3 rings (SSSR count). The van der Waals surface area contributed by atoms with Crippen LogP contribution in [0.5, 0.6) is 0 Å². The average molecular weight is 371 g/mol. The Morgan fingerprint density at radius 3 is 2.93 bits per heavy atom. The van der Waals surface area contributed by atoms with Gasteiger partial charge in [0.25, 0.3) is 0 Å². The minimum Gasteiger partial charge on any atom is -0.379 e. The van der Waals surface area contributed by atoms with Gasteiger partial charge in [-0.3, -0.25) is 4.99 Å². The van der Waals surface area contributed by atoms with Gasteiger partial charge in [-0.25, -0.2) is 4.68 Å². The zero-order valence-corrected chi connectivity index (χ0v) is 15.9. The maximum atomic E-state index is 5.67. The van der Waals surface area contributed by atoms with Crippen molar-refractivity contribution < 1.29 is 9.47 Å². The van der Waals surface area contributed by atoms with Gasteiger partial charge < -0.3 is 20.1 Å². The summed E-state index contributed by atoms with van der Waals surface area (Å²) < 4.78 is 13.1. The highest BCUT2D eigenvalue weighted by Crippen LogP contribution is 2.12. The SMILES string of the molecule is CN=C(NCCCOCC1CCCO1)NCc1ccc(-n2cccn2)cc1. The van der Waals surface area contributed by atoms with Gasteiger partial charge >= 0.3 is 0 Å². The van der Waals surface area contributed by atoms with Crippen LogP contribution in [-0.2, 0) is 16.0 Å². The summed E-state index contributed by atoms with van der Waals surface area (Å²) in [6.45, 7) is 3.86. The van der Waals surface area contributed by atoms with E-state index in [2.05, 4.69) is 45.0 Å². The van der Waals surface area contributed by atoms with Crippen molar-refractivity contribution in [3.63, 3.8) is 0 Å². The Morgan fingerprint density at radius 1 is 1.33 bits per heavy atom. The number of hydrogen-bond acceptors (Lipinski definition) is 4. The predicted octanol–water partition coefficient (Wildman–Crippen LogP) is 2.12. The molecule has 0 saturated carbocycles. The van der Waals surface area contributed by atoms with E-state index in [0.29, 0.717) is 19.3 Å². The molecular formula is C20H29N5O2. The van der Waals surface area contributed by atoms with Gasteiger partial charge in [0.1, 0.15) is 0 Å². The maximum Gasteiger partial charge on any atom is 0.191 e. The van der Waals surface area contributed by atoms with Crippen LogP contribution in [0.3, 0.4) is 0 Å². The van der Waals surface area contributed by atoms with Crippen LogP contribution >= 0.6 is 0 Å². The zero-order chi connectivity index (χ0) is 18.7. The largest absolute Gasteiger partial charge is 0.379 e. The quantitative estimate of drug-likeness (QED) is 0.401. The second-order valence-electron chi connectivity index (χ2n) is 6.53. The van der Waals surface area contributed by atoms with Gasteiger partial charge in [-0.05, 0) is 43.0 Å². The number of aromatic nitrogens is 2. The number of rotatable bonds is 9. The Balaban J connectivity index is 1.30. The van der Waals surface area contributed by atoms with Crippen LogP contribution in [0.2, 0.25) is 0 Å². The normalized spacial score (nSPS) is 17.2. The number of aliphatic imine (C=N–C) groups is 1. The summed E-state index contributed by atoms with van der Waals surface area (Å²) in [4.78, 5) is 4.26. The van der Waals surface area contributed by atoms with E-state index >= 15 is 0 Å². The summed E-state index contributed by atoms with van der Waals surface area (Å²) in [5.41, 5.74) is 2.24. The van der Waals surface area contributed by atoms with Crippen molar-refractivity contribution >= 4 is 5.96 Å². The Kier molecular flexibility index (Phi) is 7.68. The smallest absolute Gasteiger partial charge is 0.191 e. The van der Waals surface area contributed by atoms with E-state index in [0.717, 1.165) is 50.7 Å². The van der Waals surface area contributed by atoms with Gasteiger partial charge in [-0.1, -0.05) is 12.1 Å². The summed E-state index contributed by atoms with van der Waals surface area (Å²) in [5.74, 6) is 0.797. The molecule has 2 heterocycles.